The number of rotatable bonds is 3. The summed E-state index contributed by atoms with van der Waals surface area (Å²) in [5.74, 6) is -0.939. The summed E-state index contributed by atoms with van der Waals surface area (Å²) in [7, 11) is 0. The van der Waals surface area contributed by atoms with Crippen molar-refractivity contribution in [2.75, 3.05) is 11.9 Å². The Balaban J connectivity index is 3.28. The Morgan fingerprint density at radius 3 is 2.71 bits per heavy atom. The van der Waals surface area contributed by atoms with E-state index in [4.69, 9.17) is 5.11 Å². The summed E-state index contributed by atoms with van der Waals surface area (Å²) in [5.41, 5.74) is 2.28. The van der Waals surface area contributed by atoms with Crippen LogP contribution >= 0.6 is 0 Å². The van der Waals surface area contributed by atoms with E-state index >= 15 is 0 Å². The number of aromatic nitrogens is 1. The normalized spacial score (nSPS) is 9.93. The average Bonchev–Trinajstić information content (AvgIpc) is 2.01. The highest BCUT2D eigenvalue weighted by atomic mass is 16.4. The van der Waals surface area contributed by atoms with E-state index in [0.717, 1.165) is 5.69 Å². The Bertz CT molecular complexity index is 361. The first-order valence-electron chi connectivity index (χ1n) is 4.51. The van der Waals surface area contributed by atoms with Crippen LogP contribution in [0.2, 0.25) is 0 Å². The van der Waals surface area contributed by atoms with Crippen LogP contribution in [0.15, 0.2) is 6.07 Å². The van der Waals surface area contributed by atoms with Gasteiger partial charge in [-0.1, -0.05) is 0 Å². The molecule has 0 unspecified atom stereocenters. The van der Waals surface area contributed by atoms with E-state index in [0.29, 0.717) is 17.9 Å². The van der Waals surface area contributed by atoms with E-state index in [1.807, 2.05) is 13.8 Å². The van der Waals surface area contributed by atoms with Crippen molar-refractivity contribution in [3.63, 3.8) is 0 Å². The molecular formula is C10H14N2O2. The van der Waals surface area contributed by atoms with Crippen LogP contribution in [-0.2, 0) is 0 Å². The number of nitrogens with one attached hydrogen (secondary N) is 1. The van der Waals surface area contributed by atoms with Gasteiger partial charge in [-0.25, -0.2) is 4.79 Å². The van der Waals surface area contributed by atoms with Crippen molar-refractivity contribution in [3.05, 3.63) is 23.0 Å². The van der Waals surface area contributed by atoms with Gasteiger partial charge >= 0.3 is 5.97 Å². The molecule has 14 heavy (non-hydrogen) atoms. The Kier molecular flexibility index (Phi) is 3.06. The van der Waals surface area contributed by atoms with Gasteiger partial charge in [0.2, 0.25) is 0 Å². The van der Waals surface area contributed by atoms with Crippen molar-refractivity contribution in [3.8, 4) is 0 Å². The zero-order valence-electron chi connectivity index (χ0n) is 8.59. The quantitative estimate of drug-likeness (QED) is 0.770. The highest BCUT2D eigenvalue weighted by molar-refractivity contribution is 5.95. The maximum absolute atomic E-state index is 10.9. The Hall–Kier alpha value is -1.58. The second kappa shape index (κ2) is 4.09. The molecule has 0 amide bonds. The number of aromatic carboxylic acids is 1. The van der Waals surface area contributed by atoms with E-state index in [1.54, 1.807) is 13.0 Å². The van der Waals surface area contributed by atoms with Gasteiger partial charge in [-0.15, -0.1) is 0 Å². The fourth-order valence-electron chi connectivity index (χ4n) is 1.43. The van der Waals surface area contributed by atoms with Gasteiger partial charge in [0.25, 0.3) is 0 Å². The molecule has 0 atom stereocenters. The summed E-state index contributed by atoms with van der Waals surface area (Å²) >= 11 is 0. The largest absolute Gasteiger partial charge is 0.478 e. The maximum Gasteiger partial charge on any atom is 0.339 e. The molecular weight excluding hydrogens is 180 g/mol. The Morgan fingerprint density at radius 1 is 1.57 bits per heavy atom. The molecule has 1 aromatic rings. The van der Waals surface area contributed by atoms with Gasteiger partial charge in [0.15, 0.2) is 0 Å². The van der Waals surface area contributed by atoms with E-state index in [-0.39, 0.29) is 5.56 Å². The third-order valence-electron chi connectivity index (χ3n) is 1.91. The second-order valence-corrected chi connectivity index (χ2v) is 3.11. The molecule has 0 aromatic carbocycles. The molecule has 0 saturated heterocycles. The van der Waals surface area contributed by atoms with Crippen LogP contribution in [0, 0.1) is 13.8 Å². The summed E-state index contributed by atoms with van der Waals surface area (Å²) in [6.07, 6.45) is 0. The van der Waals surface area contributed by atoms with Crippen LogP contribution < -0.4 is 5.32 Å². The summed E-state index contributed by atoms with van der Waals surface area (Å²) in [6, 6.07) is 1.75. The van der Waals surface area contributed by atoms with Gasteiger partial charge in [0.1, 0.15) is 5.56 Å². The number of carboxylic acid groups (broad SMARTS) is 1. The molecule has 2 N–H and O–H groups in total. The number of nitrogens with zero attached hydrogens (tertiary/aromatic N) is 1. The number of carboxylic acids is 1. The summed E-state index contributed by atoms with van der Waals surface area (Å²) in [6.45, 7) is 6.18. The van der Waals surface area contributed by atoms with E-state index in [9.17, 15) is 4.79 Å². The summed E-state index contributed by atoms with van der Waals surface area (Å²) < 4.78 is 0. The number of carbonyl (C=O) groups is 1. The van der Waals surface area contributed by atoms with Crippen LogP contribution in [0.3, 0.4) is 0 Å². The third kappa shape index (κ3) is 2.02. The van der Waals surface area contributed by atoms with E-state index < -0.39 is 5.97 Å². The zero-order chi connectivity index (χ0) is 10.7. The molecule has 0 saturated carbocycles. The highest BCUT2D eigenvalue weighted by Gasteiger charge is 2.14. The van der Waals surface area contributed by atoms with Crippen LogP contribution in [0.1, 0.15) is 28.7 Å². The van der Waals surface area contributed by atoms with Crippen molar-refractivity contribution in [1.29, 1.82) is 0 Å². The lowest BCUT2D eigenvalue weighted by Crippen LogP contribution is -2.09. The number of hydrogen-bond donors (Lipinski definition) is 2. The second-order valence-electron chi connectivity index (χ2n) is 3.11. The average molecular weight is 194 g/mol. The summed E-state index contributed by atoms with van der Waals surface area (Å²) in [5, 5.41) is 12.0. The molecule has 4 heteroatoms. The number of hydrogen-bond acceptors (Lipinski definition) is 3. The maximum atomic E-state index is 10.9. The predicted octanol–water partition coefficient (Wildman–Crippen LogP) is 1.83. The first-order valence-corrected chi connectivity index (χ1v) is 4.51. The molecule has 1 heterocycles. The van der Waals surface area contributed by atoms with Crippen molar-refractivity contribution in [2.24, 2.45) is 0 Å². The highest BCUT2D eigenvalue weighted by Crippen LogP contribution is 2.19. The lowest BCUT2D eigenvalue weighted by Gasteiger charge is -2.10. The minimum atomic E-state index is -0.939. The van der Waals surface area contributed by atoms with Crippen molar-refractivity contribution in [1.82, 2.24) is 4.98 Å². The fourth-order valence-corrected chi connectivity index (χ4v) is 1.43. The van der Waals surface area contributed by atoms with Gasteiger partial charge in [-0.05, 0) is 26.8 Å². The SMILES string of the molecule is CCNc1cc(C)nc(C)c1C(=O)O. The number of aryl methyl sites for hydroxylation is 2. The monoisotopic (exact) mass is 194 g/mol. The van der Waals surface area contributed by atoms with E-state index in [1.165, 1.54) is 0 Å². The molecule has 0 aliphatic carbocycles. The number of pyridine rings is 1. The fraction of sp³-hybridized carbons (Fsp3) is 0.400. The molecule has 0 bridgehead atoms. The lowest BCUT2D eigenvalue weighted by molar-refractivity contribution is 0.0696. The van der Waals surface area contributed by atoms with Crippen molar-refractivity contribution < 1.29 is 9.90 Å². The van der Waals surface area contributed by atoms with Crippen LogP contribution in [0.25, 0.3) is 0 Å². The standard InChI is InChI=1S/C10H14N2O2/c1-4-11-8-5-6(2)12-7(3)9(8)10(13)14/h5H,4H2,1-3H3,(H,11,12)(H,13,14). The van der Waals surface area contributed by atoms with Crippen LogP contribution in [-0.4, -0.2) is 22.6 Å². The molecule has 0 spiro atoms. The topological polar surface area (TPSA) is 62.2 Å². The van der Waals surface area contributed by atoms with Gasteiger partial charge in [0, 0.05) is 12.2 Å². The lowest BCUT2D eigenvalue weighted by atomic mass is 10.1. The smallest absolute Gasteiger partial charge is 0.339 e. The number of anilines is 1. The molecule has 1 rings (SSSR count). The van der Waals surface area contributed by atoms with Crippen molar-refractivity contribution in [2.45, 2.75) is 20.8 Å². The Morgan fingerprint density at radius 2 is 2.21 bits per heavy atom. The Labute approximate surface area is 83.0 Å². The molecule has 0 radical (unpaired) electrons. The van der Waals surface area contributed by atoms with Crippen LogP contribution in [0.5, 0.6) is 0 Å². The molecule has 0 fully saturated rings. The molecule has 76 valence electrons. The minimum Gasteiger partial charge on any atom is -0.478 e. The minimum absolute atomic E-state index is 0.262. The van der Waals surface area contributed by atoms with Gasteiger partial charge in [0.05, 0.1) is 11.4 Å². The third-order valence-corrected chi connectivity index (χ3v) is 1.91. The first-order chi connectivity index (χ1) is 6.56. The molecule has 0 aliphatic rings. The molecule has 1 aromatic heterocycles. The van der Waals surface area contributed by atoms with Gasteiger partial charge in [-0.2, -0.15) is 0 Å². The van der Waals surface area contributed by atoms with Gasteiger partial charge in [-0.3, -0.25) is 4.98 Å². The molecule has 4 nitrogen and oxygen atoms in total. The molecule has 0 aliphatic heterocycles. The summed E-state index contributed by atoms with van der Waals surface area (Å²) in [4.78, 5) is 15.1. The van der Waals surface area contributed by atoms with Crippen molar-refractivity contribution >= 4 is 11.7 Å². The first kappa shape index (κ1) is 10.5. The predicted molar refractivity (Wildman–Crippen MR) is 54.8 cm³/mol. The van der Waals surface area contributed by atoms with E-state index in [2.05, 4.69) is 10.3 Å². The van der Waals surface area contributed by atoms with Crippen LogP contribution in [0.4, 0.5) is 5.69 Å². The van der Waals surface area contributed by atoms with Gasteiger partial charge < -0.3 is 10.4 Å². The zero-order valence-corrected chi connectivity index (χ0v) is 8.59.